The monoisotopic (exact) mass is 372 g/mol. The van der Waals surface area contributed by atoms with Crippen LogP contribution in [0.1, 0.15) is 37.0 Å². The summed E-state index contributed by atoms with van der Waals surface area (Å²) in [7, 11) is 1.72. The Morgan fingerprint density at radius 2 is 2.04 bits per heavy atom. The lowest BCUT2D eigenvalue weighted by Crippen LogP contribution is -2.39. The van der Waals surface area contributed by atoms with Crippen LogP contribution in [0.3, 0.4) is 0 Å². The van der Waals surface area contributed by atoms with Gasteiger partial charge >= 0.3 is 0 Å². The normalized spacial score (nSPS) is 12.1. The van der Waals surface area contributed by atoms with E-state index in [1.165, 1.54) is 6.07 Å². The SMILES string of the molecule is CN=C(NCCc1nc(C(C)C)no1)NCCc1c[nH]c2ccc(F)cc12. The maximum absolute atomic E-state index is 13.4. The number of nitrogens with zero attached hydrogens (tertiary/aromatic N) is 3. The Hall–Kier alpha value is -2.90. The van der Waals surface area contributed by atoms with Gasteiger partial charge in [-0.3, -0.25) is 4.99 Å². The van der Waals surface area contributed by atoms with Crippen molar-refractivity contribution in [3.05, 3.63) is 47.5 Å². The highest BCUT2D eigenvalue weighted by atomic mass is 19.1. The van der Waals surface area contributed by atoms with E-state index in [2.05, 4.69) is 30.8 Å². The number of aromatic amines is 1. The molecule has 0 aliphatic rings. The Balaban J connectivity index is 1.45. The minimum atomic E-state index is -0.226. The van der Waals surface area contributed by atoms with Crippen LogP contribution in [-0.4, -0.2) is 41.2 Å². The molecular formula is C19H25FN6O. The van der Waals surface area contributed by atoms with Crippen molar-refractivity contribution in [2.75, 3.05) is 20.1 Å². The smallest absolute Gasteiger partial charge is 0.228 e. The summed E-state index contributed by atoms with van der Waals surface area (Å²) in [6.07, 6.45) is 3.30. The molecule has 0 aliphatic carbocycles. The van der Waals surface area contributed by atoms with E-state index in [0.29, 0.717) is 31.4 Å². The Kier molecular flexibility index (Phi) is 6.05. The first kappa shape index (κ1) is 18.9. The molecular weight excluding hydrogens is 347 g/mol. The number of aliphatic imine (C=N–C) groups is 1. The second kappa shape index (κ2) is 8.66. The third-order valence-electron chi connectivity index (χ3n) is 4.27. The van der Waals surface area contributed by atoms with Crippen molar-refractivity contribution in [1.29, 1.82) is 0 Å². The molecule has 0 radical (unpaired) electrons. The molecule has 144 valence electrons. The second-order valence-electron chi connectivity index (χ2n) is 6.63. The lowest BCUT2D eigenvalue weighted by molar-refractivity contribution is 0.371. The van der Waals surface area contributed by atoms with Gasteiger partial charge < -0.3 is 20.1 Å². The minimum Gasteiger partial charge on any atom is -0.361 e. The number of aromatic nitrogens is 3. The third kappa shape index (κ3) is 4.84. The molecule has 0 atom stereocenters. The van der Waals surface area contributed by atoms with E-state index < -0.39 is 0 Å². The topological polar surface area (TPSA) is 91.1 Å². The van der Waals surface area contributed by atoms with Crippen molar-refractivity contribution in [1.82, 2.24) is 25.8 Å². The number of nitrogens with one attached hydrogen (secondary N) is 3. The minimum absolute atomic E-state index is 0.226. The summed E-state index contributed by atoms with van der Waals surface area (Å²) in [4.78, 5) is 11.7. The zero-order valence-corrected chi connectivity index (χ0v) is 15.8. The average Bonchev–Trinajstić information content (AvgIpc) is 3.27. The number of benzene rings is 1. The molecule has 0 spiro atoms. The lowest BCUT2D eigenvalue weighted by atomic mass is 10.1. The number of fused-ring (bicyclic) bond motifs is 1. The summed E-state index contributed by atoms with van der Waals surface area (Å²) in [6.45, 7) is 5.38. The molecule has 0 fully saturated rings. The lowest BCUT2D eigenvalue weighted by Gasteiger charge is -2.10. The highest BCUT2D eigenvalue weighted by molar-refractivity contribution is 5.83. The van der Waals surface area contributed by atoms with E-state index in [4.69, 9.17) is 4.52 Å². The van der Waals surface area contributed by atoms with Crippen LogP contribution < -0.4 is 10.6 Å². The summed E-state index contributed by atoms with van der Waals surface area (Å²) in [5.74, 6) is 2.06. The quantitative estimate of drug-likeness (QED) is 0.438. The van der Waals surface area contributed by atoms with Crippen LogP contribution in [0.4, 0.5) is 4.39 Å². The number of hydrogen-bond donors (Lipinski definition) is 3. The van der Waals surface area contributed by atoms with Gasteiger partial charge in [-0.2, -0.15) is 4.98 Å². The van der Waals surface area contributed by atoms with Gasteiger partial charge in [-0.1, -0.05) is 19.0 Å². The first-order chi connectivity index (χ1) is 13.1. The summed E-state index contributed by atoms with van der Waals surface area (Å²) in [5.41, 5.74) is 2.01. The molecule has 0 saturated heterocycles. The Morgan fingerprint density at radius 3 is 2.74 bits per heavy atom. The maximum atomic E-state index is 13.4. The molecule has 3 aromatic rings. The van der Waals surface area contributed by atoms with Crippen molar-refractivity contribution in [2.24, 2.45) is 4.99 Å². The predicted octanol–water partition coefficient (Wildman–Crippen LogP) is 2.76. The number of guanidine groups is 1. The molecule has 27 heavy (non-hydrogen) atoms. The van der Waals surface area contributed by atoms with Crippen molar-refractivity contribution < 1.29 is 8.91 Å². The van der Waals surface area contributed by atoms with Crippen molar-refractivity contribution in [3.8, 4) is 0 Å². The Morgan fingerprint density at radius 1 is 1.26 bits per heavy atom. The van der Waals surface area contributed by atoms with Crippen LogP contribution in [0.2, 0.25) is 0 Å². The molecule has 0 unspecified atom stereocenters. The fourth-order valence-corrected chi connectivity index (χ4v) is 2.79. The zero-order chi connectivity index (χ0) is 19.2. The summed E-state index contributed by atoms with van der Waals surface area (Å²) in [6, 6.07) is 4.77. The Labute approximate surface area is 157 Å². The summed E-state index contributed by atoms with van der Waals surface area (Å²) < 4.78 is 18.7. The highest BCUT2D eigenvalue weighted by Crippen LogP contribution is 2.19. The van der Waals surface area contributed by atoms with Gasteiger partial charge in [0, 0.05) is 49.6 Å². The Bertz CT molecular complexity index is 914. The number of H-pyrrole nitrogens is 1. The van der Waals surface area contributed by atoms with Crippen molar-refractivity contribution >= 4 is 16.9 Å². The standard InChI is InChI=1S/C19H25FN6O/c1-12(2)18-25-17(27-26-18)7-9-23-19(21-3)22-8-6-13-11-24-16-5-4-14(20)10-15(13)16/h4-5,10-12,24H,6-9H2,1-3H3,(H2,21,22,23). The fraction of sp³-hybridized carbons (Fsp3) is 0.421. The number of halogens is 1. The van der Waals surface area contributed by atoms with Crippen LogP contribution >= 0.6 is 0 Å². The van der Waals surface area contributed by atoms with Gasteiger partial charge in [-0.15, -0.1) is 0 Å². The maximum Gasteiger partial charge on any atom is 0.228 e. The number of hydrogen-bond acceptors (Lipinski definition) is 4. The van der Waals surface area contributed by atoms with Crippen LogP contribution in [0.5, 0.6) is 0 Å². The van der Waals surface area contributed by atoms with Crippen LogP contribution in [0.15, 0.2) is 33.9 Å². The summed E-state index contributed by atoms with van der Waals surface area (Å²) >= 11 is 0. The van der Waals surface area contributed by atoms with E-state index in [1.54, 1.807) is 19.2 Å². The van der Waals surface area contributed by atoms with Crippen molar-refractivity contribution in [2.45, 2.75) is 32.6 Å². The molecule has 3 N–H and O–H groups in total. The van der Waals surface area contributed by atoms with Gasteiger partial charge in [-0.25, -0.2) is 4.39 Å². The molecule has 0 amide bonds. The molecule has 0 aliphatic heterocycles. The molecule has 0 bridgehead atoms. The van der Waals surface area contributed by atoms with E-state index in [9.17, 15) is 4.39 Å². The molecule has 2 aromatic heterocycles. The van der Waals surface area contributed by atoms with E-state index in [0.717, 1.165) is 28.7 Å². The molecule has 0 saturated carbocycles. The van der Waals surface area contributed by atoms with E-state index in [1.807, 2.05) is 20.0 Å². The van der Waals surface area contributed by atoms with Crippen LogP contribution in [0, 0.1) is 5.82 Å². The number of rotatable bonds is 7. The van der Waals surface area contributed by atoms with Gasteiger partial charge in [-0.05, 0) is 30.2 Å². The second-order valence-corrected chi connectivity index (χ2v) is 6.63. The van der Waals surface area contributed by atoms with Crippen LogP contribution in [0.25, 0.3) is 10.9 Å². The predicted molar refractivity (Wildman–Crippen MR) is 103 cm³/mol. The van der Waals surface area contributed by atoms with Gasteiger partial charge in [0.15, 0.2) is 11.8 Å². The first-order valence-electron chi connectivity index (χ1n) is 9.09. The van der Waals surface area contributed by atoms with E-state index in [-0.39, 0.29) is 11.7 Å². The molecule has 1 aromatic carbocycles. The molecule has 2 heterocycles. The average molecular weight is 372 g/mol. The zero-order valence-electron chi connectivity index (χ0n) is 15.8. The first-order valence-corrected chi connectivity index (χ1v) is 9.09. The summed E-state index contributed by atoms with van der Waals surface area (Å²) in [5, 5.41) is 11.4. The van der Waals surface area contributed by atoms with Crippen LogP contribution in [-0.2, 0) is 12.8 Å². The highest BCUT2D eigenvalue weighted by Gasteiger charge is 2.10. The third-order valence-corrected chi connectivity index (χ3v) is 4.27. The van der Waals surface area contributed by atoms with Gasteiger partial charge in [0.1, 0.15) is 5.82 Å². The largest absolute Gasteiger partial charge is 0.361 e. The van der Waals surface area contributed by atoms with E-state index >= 15 is 0 Å². The molecule has 3 rings (SSSR count). The fourth-order valence-electron chi connectivity index (χ4n) is 2.79. The molecule has 7 nitrogen and oxygen atoms in total. The van der Waals surface area contributed by atoms with Gasteiger partial charge in [0.2, 0.25) is 5.89 Å². The molecule has 8 heteroatoms. The van der Waals surface area contributed by atoms with Crippen molar-refractivity contribution in [3.63, 3.8) is 0 Å². The van der Waals surface area contributed by atoms with Gasteiger partial charge in [0.05, 0.1) is 0 Å². The van der Waals surface area contributed by atoms with Gasteiger partial charge in [0.25, 0.3) is 0 Å².